The van der Waals surface area contributed by atoms with Crippen molar-refractivity contribution >= 4 is 23.4 Å². The molecule has 0 radical (unpaired) electrons. The van der Waals surface area contributed by atoms with Gasteiger partial charge >= 0.3 is 0 Å². The number of aryl methyl sites for hydroxylation is 1. The van der Waals surface area contributed by atoms with E-state index in [1.807, 2.05) is 68.6 Å². The zero-order chi connectivity index (χ0) is 30.3. The van der Waals surface area contributed by atoms with Gasteiger partial charge < -0.3 is 25.2 Å². The minimum atomic E-state index is -1.16. The summed E-state index contributed by atoms with van der Waals surface area (Å²) in [6.45, 7) is 8.09. The van der Waals surface area contributed by atoms with Crippen LogP contribution in [0.1, 0.15) is 44.2 Å². The Morgan fingerprint density at radius 2 is 1.86 bits per heavy atom. The van der Waals surface area contributed by atoms with Gasteiger partial charge in [-0.1, -0.05) is 81.3 Å². The number of hydrogen-bond donors (Lipinski definition) is 2. The molecule has 43 heavy (non-hydrogen) atoms. The molecule has 3 aliphatic heterocycles. The van der Waals surface area contributed by atoms with E-state index in [0.717, 1.165) is 31.4 Å². The van der Waals surface area contributed by atoms with Crippen molar-refractivity contribution in [2.75, 3.05) is 25.5 Å². The Balaban J connectivity index is 1.26. The number of benzene rings is 2. The van der Waals surface area contributed by atoms with E-state index >= 15 is 0 Å². The fourth-order valence-electron chi connectivity index (χ4n) is 7.76. The van der Waals surface area contributed by atoms with Crippen molar-refractivity contribution < 1.29 is 19.1 Å². The van der Waals surface area contributed by atoms with Gasteiger partial charge in [-0.15, -0.1) is 0 Å². The minimum absolute atomic E-state index is 0.0485. The average molecular weight is 585 g/mol. The molecule has 6 rings (SSSR count). The molecule has 1 spiro atoms. The van der Waals surface area contributed by atoms with Gasteiger partial charge in [0.1, 0.15) is 11.6 Å². The van der Waals surface area contributed by atoms with E-state index in [1.165, 1.54) is 5.56 Å². The summed E-state index contributed by atoms with van der Waals surface area (Å²) >= 11 is 0. The molecule has 2 aromatic rings. The van der Waals surface area contributed by atoms with Gasteiger partial charge in [-0.3, -0.25) is 14.4 Å². The Kier molecular flexibility index (Phi) is 8.18. The third-order valence-electron chi connectivity index (χ3n) is 10.3. The molecule has 4 aliphatic rings. The standard InChI is InChI=1S/C35H44N4O4/c1-22-10-8-14-26(20-22)36-32(40)29-28-16-17-35(43-28)30(29)34(42)39(19-18-38(4)21-25-12-6-5-7-13-25)31(35)33(41)37-27-15-9-11-23(2)24(27)3/h5-8,10,12-14,16-17,20,23-24,27-31H,9,11,15,18-19,21H2,1-4H3,(H,36,40)(H,37,41)/t23?,24?,27?,28-,29?,30-,31?,35?/m1/s1. The van der Waals surface area contributed by atoms with E-state index in [4.69, 9.17) is 4.74 Å². The van der Waals surface area contributed by atoms with Gasteiger partial charge in [0.2, 0.25) is 17.7 Å². The topological polar surface area (TPSA) is 91.0 Å². The monoisotopic (exact) mass is 584 g/mol. The number of nitrogens with zero attached hydrogens (tertiary/aromatic N) is 2. The van der Waals surface area contributed by atoms with Gasteiger partial charge in [-0.25, -0.2) is 0 Å². The first-order chi connectivity index (χ1) is 20.7. The highest BCUT2D eigenvalue weighted by Gasteiger charge is 2.72. The molecule has 1 saturated carbocycles. The predicted molar refractivity (Wildman–Crippen MR) is 166 cm³/mol. The molecule has 3 amide bonds. The van der Waals surface area contributed by atoms with E-state index in [0.29, 0.717) is 30.6 Å². The van der Waals surface area contributed by atoms with Crippen molar-refractivity contribution in [2.24, 2.45) is 23.7 Å². The summed E-state index contributed by atoms with van der Waals surface area (Å²) in [6.07, 6.45) is 6.37. The number of hydrogen-bond acceptors (Lipinski definition) is 5. The largest absolute Gasteiger partial charge is 0.359 e. The molecule has 228 valence electrons. The van der Waals surface area contributed by atoms with Crippen molar-refractivity contribution in [1.29, 1.82) is 0 Å². The van der Waals surface area contributed by atoms with E-state index in [1.54, 1.807) is 4.90 Å². The second-order valence-electron chi connectivity index (χ2n) is 13.2. The lowest BCUT2D eigenvalue weighted by Crippen LogP contribution is -2.58. The zero-order valence-corrected chi connectivity index (χ0v) is 25.7. The van der Waals surface area contributed by atoms with Crippen molar-refractivity contribution in [3.05, 3.63) is 77.9 Å². The molecule has 3 heterocycles. The molecule has 3 fully saturated rings. The molecule has 2 saturated heterocycles. The minimum Gasteiger partial charge on any atom is -0.359 e. The van der Waals surface area contributed by atoms with Crippen LogP contribution >= 0.6 is 0 Å². The van der Waals surface area contributed by atoms with Gasteiger partial charge in [0.05, 0.1) is 17.9 Å². The SMILES string of the molecule is Cc1cccc(NC(=O)C2[C@H]3C=CC4(O3)C(C(=O)NC3CCCC(C)C3C)N(CCN(C)Cc3ccccc3)C(=O)[C@@H]24)c1. The molecule has 8 atom stereocenters. The fraction of sp³-hybridized carbons (Fsp3) is 0.514. The second-order valence-corrected chi connectivity index (χ2v) is 13.2. The summed E-state index contributed by atoms with van der Waals surface area (Å²) in [5.74, 6) is -1.23. The smallest absolute Gasteiger partial charge is 0.246 e. The molecule has 8 nitrogen and oxygen atoms in total. The van der Waals surface area contributed by atoms with Crippen molar-refractivity contribution in [3.63, 3.8) is 0 Å². The Hall–Kier alpha value is -3.49. The van der Waals surface area contributed by atoms with Crippen LogP contribution in [0.15, 0.2) is 66.7 Å². The average Bonchev–Trinajstić information content (AvgIpc) is 3.62. The summed E-state index contributed by atoms with van der Waals surface area (Å²) < 4.78 is 6.54. The summed E-state index contributed by atoms with van der Waals surface area (Å²) in [5.41, 5.74) is 1.73. The van der Waals surface area contributed by atoms with Gasteiger partial charge in [-0.05, 0) is 55.5 Å². The molecule has 0 aromatic heterocycles. The van der Waals surface area contributed by atoms with E-state index < -0.39 is 29.6 Å². The Bertz CT molecular complexity index is 1400. The normalized spacial score (nSPS) is 32.7. The van der Waals surface area contributed by atoms with Crippen molar-refractivity contribution in [3.8, 4) is 0 Å². The highest BCUT2D eigenvalue weighted by molar-refractivity contribution is 6.02. The number of ether oxygens (including phenoxy) is 1. The quantitative estimate of drug-likeness (QED) is 0.432. The van der Waals surface area contributed by atoms with Crippen LogP contribution in [-0.4, -0.2) is 71.4 Å². The van der Waals surface area contributed by atoms with Crippen molar-refractivity contribution in [2.45, 2.75) is 70.4 Å². The maximum absolute atomic E-state index is 14.3. The predicted octanol–water partition coefficient (Wildman–Crippen LogP) is 4.16. The van der Waals surface area contributed by atoms with Crippen LogP contribution in [0.25, 0.3) is 0 Å². The summed E-state index contributed by atoms with van der Waals surface area (Å²) in [7, 11) is 2.02. The van der Waals surface area contributed by atoms with Crippen LogP contribution in [0, 0.1) is 30.6 Å². The fourth-order valence-corrected chi connectivity index (χ4v) is 7.76. The molecule has 1 aliphatic carbocycles. The van der Waals surface area contributed by atoms with Crippen LogP contribution in [-0.2, 0) is 25.7 Å². The molecular formula is C35H44N4O4. The molecule has 6 unspecified atom stereocenters. The second kappa shape index (κ2) is 11.9. The van der Waals surface area contributed by atoms with Crippen LogP contribution < -0.4 is 10.6 Å². The van der Waals surface area contributed by atoms with E-state index in [2.05, 4.69) is 41.5 Å². The highest BCUT2D eigenvalue weighted by Crippen LogP contribution is 2.55. The Labute approximate surface area is 254 Å². The van der Waals surface area contributed by atoms with Crippen LogP contribution in [0.2, 0.25) is 0 Å². The third kappa shape index (κ3) is 5.51. The number of likely N-dealkylation sites (N-methyl/N-ethyl adjacent to an activating group) is 1. The summed E-state index contributed by atoms with van der Waals surface area (Å²) in [6, 6.07) is 17.0. The number of carbonyl (C=O) groups excluding carboxylic acids is 3. The molecule has 2 N–H and O–H groups in total. The first-order valence-corrected chi connectivity index (χ1v) is 15.8. The number of likely N-dealkylation sites (tertiary alicyclic amines) is 1. The van der Waals surface area contributed by atoms with Crippen LogP contribution in [0.3, 0.4) is 0 Å². The number of nitrogens with one attached hydrogen (secondary N) is 2. The third-order valence-corrected chi connectivity index (χ3v) is 10.3. The van der Waals surface area contributed by atoms with E-state index in [9.17, 15) is 14.4 Å². The zero-order valence-electron chi connectivity index (χ0n) is 25.7. The van der Waals surface area contributed by atoms with Gasteiger partial charge in [-0.2, -0.15) is 0 Å². The number of rotatable bonds is 9. The summed E-state index contributed by atoms with van der Waals surface area (Å²) in [4.78, 5) is 46.2. The number of amides is 3. The van der Waals surface area contributed by atoms with Crippen LogP contribution in [0.5, 0.6) is 0 Å². The maximum Gasteiger partial charge on any atom is 0.246 e. The van der Waals surface area contributed by atoms with Gasteiger partial charge in [0.25, 0.3) is 0 Å². The number of carbonyl (C=O) groups is 3. The maximum atomic E-state index is 14.3. The van der Waals surface area contributed by atoms with Crippen LogP contribution in [0.4, 0.5) is 5.69 Å². The molecule has 2 aromatic carbocycles. The van der Waals surface area contributed by atoms with Crippen molar-refractivity contribution in [1.82, 2.24) is 15.1 Å². The Morgan fingerprint density at radius 1 is 1.07 bits per heavy atom. The summed E-state index contributed by atoms with van der Waals surface area (Å²) in [5, 5.41) is 6.36. The molecular weight excluding hydrogens is 540 g/mol. The number of anilines is 1. The lowest BCUT2D eigenvalue weighted by atomic mass is 9.73. The van der Waals surface area contributed by atoms with Gasteiger partial charge in [0.15, 0.2) is 0 Å². The van der Waals surface area contributed by atoms with E-state index in [-0.39, 0.29) is 23.8 Å². The first kappa shape index (κ1) is 29.6. The molecule has 2 bridgehead atoms. The lowest BCUT2D eigenvalue weighted by Gasteiger charge is -2.38. The Morgan fingerprint density at radius 3 is 2.63 bits per heavy atom. The lowest BCUT2D eigenvalue weighted by molar-refractivity contribution is -0.141. The first-order valence-electron chi connectivity index (χ1n) is 15.8. The molecule has 8 heteroatoms. The highest BCUT2D eigenvalue weighted by atomic mass is 16.5. The van der Waals surface area contributed by atoms with Gasteiger partial charge in [0, 0.05) is 31.4 Å². The number of fused-ring (bicyclic) bond motifs is 1.